The first kappa shape index (κ1) is 18.2. The van der Waals surface area contributed by atoms with Crippen LogP contribution in [-0.4, -0.2) is 54.1 Å². The Hall–Kier alpha value is -2.19. The second kappa shape index (κ2) is 8.22. The number of likely N-dealkylation sites (N-methyl/N-ethyl adjacent to an activating group) is 1. The molecular formula is C19H26N6OS. The summed E-state index contributed by atoms with van der Waals surface area (Å²) in [5.74, 6) is 1.53. The molecule has 27 heavy (non-hydrogen) atoms. The third-order valence-corrected chi connectivity index (χ3v) is 6.05. The number of piperazine rings is 1. The first-order valence-electron chi connectivity index (χ1n) is 9.51. The van der Waals surface area contributed by atoms with E-state index in [2.05, 4.69) is 37.4 Å². The molecule has 2 aromatic rings. The lowest BCUT2D eigenvalue weighted by molar-refractivity contribution is 0.235. The molecule has 144 valence electrons. The minimum atomic E-state index is -0.148. The molecule has 0 aromatic carbocycles. The molecule has 1 aliphatic heterocycles. The Labute approximate surface area is 163 Å². The number of hydrogen-bond donors (Lipinski definition) is 2. The summed E-state index contributed by atoms with van der Waals surface area (Å²) in [6.07, 6.45) is 5.96. The van der Waals surface area contributed by atoms with E-state index in [1.54, 1.807) is 17.5 Å². The quantitative estimate of drug-likeness (QED) is 0.797. The van der Waals surface area contributed by atoms with Gasteiger partial charge >= 0.3 is 6.03 Å². The lowest BCUT2D eigenvalue weighted by Crippen LogP contribution is -2.44. The summed E-state index contributed by atoms with van der Waals surface area (Å²) in [4.78, 5) is 25.9. The standard InChI is InChI=1S/C19H26N6OS/c1-24-7-9-25(10-8-24)16-5-2-14(12-21-16)13-22-19(26)23-17(15-3-4-15)18-20-6-11-27-18/h2,5-6,11-12,15,17H,3-4,7-10,13H2,1H3,(H2,22,23,26). The predicted octanol–water partition coefficient (Wildman–Crippen LogP) is 2.24. The summed E-state index contributed by atoms with van der Waals surface area (Å²) in [7, 11) is 2.15. The van der Waals surface area contributed by atoms with Gasteiger partial charge in [0.1, 0.15) is 10.8 Å². The molecule has 0 bridgehead atoms. The van der Waals surface area contributed by atoms with E-state index in [-0.39, 0.29) is 12.1 Å². The van der Waals surface area contributed by atoms with Gasteiger partial charge in [-0.1, -0.05) is 6.07 Å². The minimum absolute atomic E-state index is 0.0303. The zero-order chi connectivity index (χ0) is 18.6. The van der Waals surface area contributed by atoms with Gasteiger partial charge < -0.3 is 20.4 Å². The fraction of sp³-hybridized carbons (Fsp3) is 0.526. The van der Waals surface area contributed by atoms with E-state index >= 15 is 0 Å². The summed E-state index contributed by atoms with van der Waals surface area (Å²) in [6.45, 7) is 4.60. The van der Waals surface area contributed by atoms with Crippen LogP contribution in [0, 0.1) is 5.92 Å². The number of hydrogen-bond acceptors (Lipinski definition) is 6. The average molecular weight is 387 g/mol. The number of aromatic nitrogens is 2. The highest BCUT2D eigenvalue weighted by atomic mass is 32.1. The van der Waals surface area contributed by atoms with Crippen LogP contribution in [0.15, 0.2) is 29.9 Å². The molecule has 1 atom stereocenters. The molecule has 2 amide bonds. The third kappa shape index (κ3) is 4.75. The van der Waals surface area contributed by atoms with Crippen LogP contribution in [0.5, 0.6) is 0 Å². The second-order valence-electron chi connectivity index (χ2n) is 7.33. The Morgan fingerprint density at radius 3 is 2.70 bits per heavy atom. The number of pyridine rings is 1. The molecule has 8 heteroatoms. The molecule has 2 N–H and O–H groups in total. The Kier molecular flexibility index (Phi) is 5.54. The third-order valence-electron chi connectivity index (χ3n) is 5.19. The highest BCUT2D eigenvalue weighted by Crippen LogP contribution is 2.41. The van der Waals surface area contributed by atoms with E-state index in [4.69, 9.17) is 0 Å². The van der Waals surface area contributed by atoms with Crippen molar-refractivity contribution in [3.8, 4) is 0 Å². The number of carbonyl (C=O) groups excluding carboxylic acids is 1. The van der Waals surface area contributed by atoms with Gasteiger partial charge in [0.15, 0.2) is 0 Å². The van der Waals surface area contributed by atoms with Gasteiger partial charge in [0.2, 0.25) is 0 Å². The van der Waals surface area contributed by atoms with E-state index in [1.807, 2.05) is 23.7 Å². The highest BCUT2D eigenvalue weighted by molar-refractivity contribution is 7.09. The van der Waals surface area contributed by atoms with Crippen molar-refractivity contribution in [2.75, 3.05) is 38.1 Å². The Balaban J connectivity index is 1.27. The normalized spacial score (nSPS) is 18.9. The van der Waals surface area contributed by atoms with Gasteiger partial charge in [-0.15, -0.1) is 11.3 Å². The Morgan fingerprint density at radius 2 is 2.07 bits per heavy atom. The number of anilines is 1. The van der Waals surface area contributed by atoms with Crippen LogP contribution in [0.2, 0.25) is 0 Å². The topological polar surface area (TPSA) is 73.4 Å². The summed E-state index contributed by atoms with van der Waals surface area (Å²) in [5, 5.41) is 8.98. The number of carbonyl (C=O) groups is 1. The molecule has 0 spiro atoms. The molecule has 2 fully saturated rings. The zero-order valence-corrected chi connectivity index (χ0v) is 16.4. The molecule has 1 unspecified atom stereocenters. The SMILES string of the molecule is CN1CCN(c2ccc(CNC(=O)NC(c3nccs3)C3CC3)cn2)CC1. The van der Waals surface area contributed by atoms with Crippen molar-refractivity contribution >= 4 is 23.2 Å². The summed E-state index contributed by atoms with van der Waals surface area (Å²) < 4.78 is 0. The van der Waals surface area contributed by atoms with Gasteiger partial charge in [0.05, 0.1) is 6.04 Å². The van der Waals surface area contributed by atoms with Crippen molar-refractivity contribution in [1.29, 1.82) is 0 Å². The molecule has 1 saturated heterocycles. The Bertz CT molecular complexity index is 738. The number of nitrogens with zero attached hydrogens (tertiary/aromatic N) is 4. The van der Waals surface area contributed by atoms with Crippen molar-refractivity contribution in [3.05, 3.63) is 40.5 Å². The van der Waals surface area contributed by atoms with Gasteiger partial charge in [-0.05, 0) is 37.4 Å². The lowest BCUT2D eigenvalue weighted by atomic mass is 10.2. The van der Waals surface area contributed by atoms with E-state index in [0.717, 1.165) is 55.4 Å². The maximum Gasteiger partial charge on any atom is 0.315 e. The molecule has 2 aliphatic rings. The maximum atomic E-state index is 12.3. The molecular weight excluding hydrogens is 360 g/mol. The zero-order valence-electron chi connectivity index (χ0n) is 15.6. The minimum Gasteiger partial charge on any atom is -0.354 e. The van der Waals surface area contributed by atoms with Crippen LogP contribution in [-0.2, 0) is 6.54 Å². The van der Waals surface area contributed by atoms with E-state index < -0.39 is 0 Å². The highest BCUT2D eigenvalue weighted by Gasteiger charge is 2.34. The van der Waals surface area contributed by atoms with Crippen LogP contribution in [0.3, 0.4) is 0 Å². The van der Waals surface area contributed by atoms with Crippen molar-refractivity contribution in [3.63, 3.8) is 0 Å². The van der Waals surface area contributed by atoms with Gasteiger partial charge in [0, 0.05) is 50.5 Å². The lowest BCUT2D eigenvalue weighted by Gasteiger charge is -2.33. The van der Waals surface area contributed by atoms with E-state index in [9.17, 15) is 4.79 Å². The molecule has 1 aliphatic carbocycles. The number of urea groups is 1. The van der Waals surface area contributed by atoms with Gasteiger partial charge in [-0.2, -0.15) is 0 Å². The molecule has 4 rings (SSSR count). The second-order valence-corrected chi connectivity index (χ2v) is 8.25. The molecule has 3 heterocycles. The predicted molar refractivity (Wildman–Crippen MR) is 107 cm³/mol. The number of thiazole rings is 1. The molecule has 7 nitrogen and oxygen atoms in total. The smallest absolute Gasteiger partial charge is 0.315 e. The van der Waals surface area contributed by atoms with Crippen LogP contribution in [0.1, 0.15) is 29.5 Å². The monoisotopic (exact) mass is 386 g/mol. The molecule has 2 aromatic heterocycles. The van der Waals surface area contributed by atoms with Crippen LogP contribution < -0.4 is 15.5 Å². The summed E-state index contributed by atoms with van der Waals surface area (Å²) in [5.41, 5.74) is 1.00. The van der Waals surface area contributed by atoms with Gasteiger partial charge in [-0.3, -0.25) is 0 Å². The van der Waals surface area contributed by atoms with Crippen molar-refractivity contribution in [1.82, 2.24) is 25.5 Å². The fourth-order valence-corrected chi connectivity index (χ4v) is 4.10. The van der Waals surface area contributed by atoms with Gasteiger partial charge in [-0.25, -0.2) is 14.8 Å². The van der Waals surface area contributed by atoms with Crippen LogP contribution in [0.25, 0.3) is 0 Å². The van der Waals surface area contributed by atoms with Crippen LogP contribution in [0.4, 0.5) is 10.6 Å². The van der Waals surface area contributed by atoms with E-state index in [1.165, 1.54) is 0 Å². The number of rotatable bonds is 6. The largest absolute Gasteiger partial charge is 0.354 e. The fourth-order valence-electron chi connectivity index (χ4n) is 3.32. The molecule has 0 radical (unpaired) electrons. The Morgan fingerprint density at radius 1 is 1.26 bits per heavy atom. The maximum absolute atomic E-state index is 12.3. The average Bonchev–Trinajstić information content (AvgIpc) is 3.39. The number of nitrogens with one attached hydrogen (secondary N) is 2. The van der Waals surface area contributed by atoms with E-state index in [0.29, 0.717) is 12.5 Å². The summed E-state index contributed by atoms with van der Waals surface area (Å²) >= 11 is 1.60. The van der Waals surface area contributed by atoms with Crippen molar-refractivity contribution < 1.29 is 4.79 Å². The number of amides is 2. The van der Waals surface area contributed by atoms with Gasteiger partial charge in [0.25, 0.3) is 0 Å². The first-order chi connectivity index (χ1) is 13.2. The van der Waals surface area contributed by atoms with Crippen molar-refractivity contribution in [2.45, 2.75) is 25.4 Å². The van der Waals surface area contributed by atoms with Crippen LogP contribution >= 0.6 is 11.3 Å². The molecule has 1 saturated carbocycles. The van der Waals surface area contributed by atoms with Crippen molar-refractivity contribution in [2.24, 2.45) is 5.92 Å². The first-order valence-corrected chi connectivity index (χ1v) is 10.4. The summed E-state index contributed by atoms with van der Waals surface area (Å²) in [6, 6.07) is 3.97.